The number of ether oxygens (including phenoxy) is 1. The maximum Gasteiger partial charge on any atom is 0.305 e. The third kappa shape index (κ3) is 9.69. The molecular formula is C11H22O4. The van der Waals surface area contributed by atoms with E-state index in [-0.39, 0.29) is 0 Å². The van der Waals surface area contributed by atoms with E-state index in [0.717, 1.165) is 12.8 Å². The van der Waals surface area contributed by atoms with Crippen LogP contribution in [0.2, 0.25) is 0 Å². The predicted octanol–water partition coefficient (Wildman–Crippen LogP) is 3.12. The minimum absolute atomic E-state index is 0.431. The normalized spacial score (nSPS) is 12.5. The van der Waals surface area contributed by atoms with Gasteiger partial charge in [0.25, 0.3) is 0 Å². The Morgan fingerprint density at radius 3 is 2.33 bits per heavy atom. The van der Waals surface area contributed by atoms with Crippen molar-refractivity contribution in [3.8, 4) is 0 Å². The average Bonchev–Trinajstić information content (AvgIpc) is 2.20. The topological polar surface area (TPSA) is 55.8 Å². The number of carbonyl (C=O) groups is 1. The largest absolute Gasteiger partial charge is 0.433 e. The van der Waals surface area contributed by atoms with E-state index in [0.29, 0.717) is 6.42 Å². The van der Waals surface area contributed by atoms with Gasteiger partial charge < -0.3 is 4.74 Å². The Labute approximate surface area is 91.5 Å². The molecule has 1 N–H and O–H groups in total. The molecule has 0 amide bonds. The predicted molar refractivity (Wildman–Crippen MR) is 57.3 cm³/mol. The third-order valence-corrected chi connectivity index (χ3v) is 2.21. The second kappa shape index (κ2) is 9.93. The molecule has 4 heteroatoms. The van der Waals surface area contributed by atoms with Gasteiger partial charge in [-0.2, -0.15) is 4.89 Å². The molecule has 0 fully saturated rings. The van der Waals surface area contributed by atoms with E-state index >= 15 is 0 Å². The van der Waals surface area contributed by atoms with Gasteiger partial charge >= 0.3 is 5.97 Å². The monoisotopic (exact) mass is 218 g/mol. The molecule has 0 saturated heterocycles. The molecule has 0 heterocycles. The smallest absolute Gasteiger partial charge is 0.305 e. The van der Waals surface area contributed by atoms with Crippen molar-refractivity contribution in [3.05, 3.63) is 0 Å². The van der Waals surface area contributed by atoms with Gasteiger partial charge in [-0.25, -0.2) is 5.26 Å². The van der Waals surface area contributed by atoms with Gasteiger partial charge in [-0.3, -0.25) is 4.79 Å². The van der Waals surface area contributed by atoms with Crippen molar-refractivity contribution in [1.82, 2.24) is 0 Å². The van der Waals surface area contributed by atoms with Gasteiger partial charge in [0.1, 0.15) is 0 Å². The van der Waals surface area contributed by atoms with E-state index in [1.807, 2.05) is 0 Å². The highest BCUT2D eigenvalue weighted by molar-refractivity contribution is 5.66. The van der Waals surface area contributed by atoms with Crippen LogP contribution in [-0.4, -0.2) is 17.5 Å². The zero-order chi connectivity index (χ0) is 11.5. The highest BCUT2D eigenvalue weighted by atomic mass is 17.1. The van der Waals surface area contributed by atoms with E-state index in [4.69, 9.17) is 9.99 Å². The van der Waals surface area contributed by atoms with Crippen molar-refractivity contribution >= 4 is 5.97 Å². The summed E-state index contributed by atoms with van der Waals surface area (Å²) in [7, 11) is 0. The summed E-state index contributed by atoms with van der Waals surface area (Å²) < 4.78 is 4.72. The van der Waals surface area contributed by atoms with Gasteiger partial charge in [0.15, 0.2) is 0 Å². The van der Waals surface area contributed by atoms with Crippen LogP contribution in [-0.2, 0) is 14.4 Å². The van der Waals surface area contributed by atoms with Gasteiger partial charge in [0.2, 0.25) is 6.29 Å². The molecule has 0 rings (SSSR count). The van der Waals surface area contributed by atoms with Gasteiger partial charge in [-0.05, 0) is 6.42 Å². The Hall–Kier alpha value is -0.610. The summed E-state index contributed by atoms with van der Waals surface area (Å²) in [4.78, 5) is 14.6. The average molecular weight is 218 g/mol. The molecule has 1 atom stereocenters. The van der Waals surface area contributed by atoms with Crippen LogP contribution >= 0.6 is 0 Å². The van der Waals surface area contributed by atoms with Crippen LogP contribution in [0.4, 0.5) is 0 Å². The number of rotatable bonds is 9. The zero-order valence-corrected chi connectivity index (χ0v) is 9.70. The summed E-state index contributed by atoms with van der Waals surface area (Å²) in [5.41, 5.74) is 0. The van der Waals surface area contributed by atoms with Gasteiger partial charge in [0.05, 0.1) is 0 Å². The second-order valence-corrected chi connectivity index (χ2v) is 3.70. The van der Waals surface area contributed by atoms with Crippen molar-refractivity contribution in [2.24, 2.45) is 0 Å². The molecule has 0 aromatic carbocycles. The minimum Gasteiger partial charge on any atom is -0.433 e. The number of unbranched alkanes of at least 4 members (excludes halogenated alkanes) is 5. The summed E-state index contributed by atoms with van der Waals surface area (Å²) in [6.45, 7) is 3.48. The lowest BCUT2D eigenvalue weighted by Gasteiger charge is -2.12. The number of hydrogen-bond acceptors (Lipinski definition) is 4. The molecule has 4 nitrogen and oxygen atoms in total. The summed E-state index contributed by atoms with van der Waals surface area (Å²) in [5.74, 6) is -0.431. The van der Waals surface area contributed by atoms with Crippen LogP contribution in [0.25, 0.3) is 0 Å². The van der Waals surface area contributed by atoms with Crippen molar-refractivity contribution in [1.29, 1.82) is 0 Å². The minimum atomic E-state index is -0.798. The second-order valence-electron chi connectivity index (χ2n) is 3.70. The number of carbonyl (C=O) groups excluding carboxylic acids is 1. The molecule has 0 aliphatic carbocycles. The lowest BCUT2D eigenvalue weighted by atomic mass is 10.1. The van der Waals surface area contributed by atoms with Crippen molar-refractivity contribution < 1.29 is 19.7 Å². The standard InChI is InChI=1S/C11H22O4/c1-3-4-5-6-7-8-9-11(15-13)14-10(2)12/h11,13H,3-9H2,1-2H3. The van der Waals surface area contributed by atoms with Crippen LogP contribution in [0.15, 0.2) is 0 Å². The first-order chi connectivity index (χ1) is 7.20. The Kier molecular flexibility index (Phi) is 9.52. The fourth-order valence-corrected chi connectivity index (χ4v) is 1.41. The quantitative estimate of drug-likeness (QED) is 0.212. The Morgan fingerprint density at radius 2 is 1.80 bits per heavy atom. The van der Waals surface area contributed by atoms with E-state index in [2.05, 4.69) is 11.8 Å². The third-order valence-electron chi connectivity index (χ3n) is 2.21. The number of esters is 1. The molecule has 0 aliphatic heterocycles. The SMILES string of the molecule is CCCCCCCCC(OO)OC(C)=O. The molecule has 0 aromatic rings. The molecule has 90 valence electrons. The number of hydrogen-bond donors (Lipinski definition) is 1. The molecule has 0 aromatic heterocycles. The summed E-state index contributed by atoms with van der Waals surface area (Å²) in [6.07, 6.45) is 6.68. The van der Waals surface area contributed by atoms with E-state index in [1.54, 1.807) is 0 Å². The van der Waals surface area contributed by atoms with Gasteiger partial charge in [0, 0.05) is 13.3 Å². The lowest BCUT2D eigenvalue weighted by molar-refractivity contribution is -0.337. The maximum absolute atomic E-state index is 10.6. The van der Waals surface area contributed by atoms with Crippen molar-refractivity contribution in [2.45, 2.75) is 65.1 Å². The zero-order valence-electron chi connectivity index (χ0n) is 9.70. The first-order valence-corrected chi connectivity index (χ1v) is 5.68. The Balaban J connectivity index is 3.34. The van der Waals surface area contributed by atoms with Gasteiger partial charge in [-0.15, -0.1) is 0 Å². The Bertz CT molecular complexity index is 159. The van der Waals surface area contributed by atoms with Crippen LogP contribution in [0.3, 0.4) is 0 Å². The summed E-state index contributed by atoms with van der Waals surface area (Å²) in [5, 5.41) is 8.44. The van der Waals surface area contributed by atoms with Crippen molar-refractivity contribution in [3.63, 3.8) is 0 Å². The maximum atomic E-state index is 10.6. The van der Waals surface area contributed by atoms with Crippen LogP contribution in [0, 0.1) is 0 Å². The fourth-order valence-electron chi connectivity index (χ4n) is 1.41. The van der Waals surface area contributed by atoms with Crippen LogP contribution < -0.4 is 0 Å². The molecule has 1 unspecified atom stereocenters. The van der Waals surface area contributed by atoms with E-state index < -0.39 is 12.3 Å². The van der Waals surface area contributed by atoms with Crippen molar-refractivity contribution in [2.75, 3.05) is 0 Å². The summed E-state index contributed by atoms with van der Waals surface area (Å²) in [6, 6.07) is 0. The van der Waals surface area contributed by atoms with E-state index in [9.17, 15) is 4.79 Å². The highest BCUT2D eigenvalue weighted by Crippen LogP contribution is 2.10. The molecule has 0 saturated carbocycles. The van der Waals surface area contributed by atoms with Gasteiger partial charge in [-0.1, -0.05) is 39.0 Å². The fraction of sp³-hybridized carbons (Fsp3) is 0.909. The highest BCUT2D eigenvalue weighted by Gasteiger charge is 2.11. The van der Waals surface area contributed by atoms with Crippen LogP contribution in [0.1, 0.15) is 58.8 Å². The molecule has 0 spiro atoms. The summed E-state index contributed by atoms with van der Waals surface area (Å²) >= 11 is 0. The molecule has 0 aliphatic rings. The first kappa shape index (κ1) is 14.4. The Morgan fingerprint density at radius 1 is 1.20 bits per heavy atom. The molecule has 0 bridgehead atoms. The van der Waals surface area contributed by atoms with Crippen LogP contribution in [0.5, 0.6) is 0 Å². The molecule has 0 radical (unpaired) electrons. The van der Waals surface area contributed by atoms with E-state index in [1.165, 1.54) is 32.6 Å². The molecular weight excluding hydrogens is 196 g/mol. The lowest BCUT2D eigenvalue weighted by Crippen LogP contribution is -2.18. The first-order valence-electron chi connectivity index (χ1n) is 5.68. The molecule has 15 heavy (non-hydrogen) atoms.